The van der Waals surface area contributed by atoms with Crippen LogP contribution in [0.3, 0.4) is 0 Å². The number of hydrogen-bond acceptors (Lipinski definition) is 3. The van der Waals surface area contributed by atoms with Gasteiger partial charge in [-0.2, -0.15) is 0 Å². The number of benzene rings is 1. The molecule has 0 radical (unpaired) electrons. The molecular formula is C11H16N2O. The van der Waals surface area contributed by atoms with Crippen molar-refractivity contribution in [1.82, 2.24) is 0 Å². The summed E-state index contributed by atoms with van der Waals surface area (Å²) >= 11 is 0. The van der Waals surface area contributed by atoms with Crippen molar-refractivity contribution in [1.29, 1.82) is 0 Å². The molecule has 0 atom stereocenters. The quantitative estimate of drug-likeness (QED) is 0.703. The third-order valence-corrected chi connectivity index (χ3v) is 2.73. The first-order valence-corrected chi connectivity index (χ1v) is 5.05. The van der Waals surface area contributed by atoms with Crippen molar-refractivity contribution in [2.75, 3.05) is 30.3 Å². The molecule has 76 valence electrons. The first-order valence-electron chi connectivity index (χ1n) is 5.05. The Hall–Kier alpha value is -1.22. The third kappa shape index (κ3) is 1.68. The maximum Gasteiger partial charge on any atom is 0.0472 e. The molecule has 0 amide bonds. The first kappa shape index (κ1) is 9.34. The van der Waals surface area contributed by atoms with E-state index in [4.69, 9.17) is 10.8 Å². The van der Waals surface area contributed by atoms with Gasteiger partial charge in [0.2, 0.25) is 0 Å². The third-order valence-electron chi connectivity index (χ3n) is 2.73. The van der Waals surface area contributed by atoms with Gasteiger partial charge in [-0.25, -0.2) is 0 Å². The maximum absolute atomic E-state index is 8.88. The summed E-state index contributed by atoms with van der Waals surface area (Å²) in [6.07, 6.45) is 1.92. The van der Waals surface area contributed by atoms with E-state index in [9.17, 15) is 0 Å². The molecule has 1 aromatic rings. The summed E-state index contributed by atoms with van der Waals surface area (Å²) in [5.41, 5.74) is 8.87. The van der Waals surface area contributed by atoms with Crippen LogP contribution in [0.5, 0.6) is 0 Å². The van der Waals surface area contributed by atoms with Crippen molar-refractivity contribution in [2.45, 2.75) is 12.8 Å². The van der Waals surface area contributed by atoms with Gasteiger partial charge >= 0.3 is 0 Å². The summed E-state index contributed by atoms with van der Waals surface area (Å²) in [6.45, 7) is 2.44. The molecule has 1 aliphatic heterocycles. The molecule has 3 heteroatoms. The summed E-state index contributed by atoms with van der Waals surface area (Å²) in [7, 11) is 0. The van der Waals surface area contributed by atoms with Gasteiger partial charge in [0.05, 0.1) is 0 Å². The van der Waals surface area contributed by atoms with Crippen LogP contribution in [0.4, 0.5) is 11.4 Å². The molecule has 1 saturated heterocycles. The van der Waals surface area contributed by atoms with Gasteiger partial charge in [0.1, 0.15) is 0 Å². The van der Waals surface area contributed by atoms with Gasteiger partial charge in [0, 0.05) is 31.1 Å². The van der Waals surface area contributed by atoms with Crippen molar-refractivity contribution in [3.8, 4) is 0 Å². The van der Waals surface area contributed by atoms with Gasteiger partial charge in [-0.15, -0.1) is 0 Å². The van der Waals surface area contributed by atoms with Crippen LogP contribution in [0.25, 0.3) is 0 Å². The highest BCUT2D eigenvalue weighted by atomic mass is 16.2. The SMILES string of the molecule is Nc1ccc(N2CCC2)cc1CCO. The molecule has 0 unspecified atom stereocenters. The molecule has 1 fully saturated rings. The van der Waals surface area contributed by atoms with E-state index in [-0.39, 0.29) is 6.61 Å². The van der Waals surface area contributed by atoms with Crippen LogP contribution in [-0.4, -0.2) is 24.8 Å². The van der Waals surface area contributed by atoms with Crippen molar-refractivity contribution >= 4 is 11.4 Å². The van der Waals surface area contributed by atoms with Crippen LogP contribution in [-0.2, 0) is 6.42 Å². The molecule has 0 spiro atoms. The van der Waals surface area contributed by atoms with E-state index in [0.717, 1.165) is 24.3 Å². The number of aliphatic hydroxyl groups is 1. The van der Waals surface area contributed by atoms with E-state index in [1.165, 1.54) is 12.1 Å². The Balaban J connectivity index is 2.21. The second-order valence-corrected chi connectivity index (χ2v) is 3.70. The fraction of sp³-hybridized carbons (Fsp3) is 0.455. The van der Waals surface area contributed by atoms with Gasteiger partial charge in [-0.1, -0.05) is 0 Å². The van der Waals surface area contributed by atoms with E-state index < -0.39 is 0 Å². The van der Waals surface area contributed by atoms with Crippen molar-refractivity contribution in [2.24, 2.45) is 0 Å². The van der Waals surface area contributed by atoms with E-state index in [1.54, 1.807) is 0 Å². The summed E-state index contributed by atoms with van der Waals surface area (Å²) in [5.74, 6) is 0. The number of aliphatic hydroxyl groups excluding tert-OH is 1. The Labute approximate surface area is 84.1 Å². The maximum atomic E-state index is 8.88. The van der Waals surface area contributed by atoms with Crippen LogP contribution in [0.1, 0.15) is 12.0 Å². The smallest absolute Gasteiger partial charge is 0.0472 e. The average molecular weight is 192 g/mol. The predicted octanol–water partition coefficient (Wildman–Crippen LogP) is 1.01. The summed E-state index contributed by atoms with van der Waals surface area (Å²) in [4.78, 5) is 2.32. The molecule has 3 nitrogen and oxygen atoms in total. The number of rotatable bonds is 3. The van der Waals surface area contributed by atoms with E-state index >= 15 is 0 Å². The lowest BCUT2D eigenvalue weighted by atomic mass is 10.1. The number of nitrogen functional groups attached to an aromatic ring is 1. The van der Waals surface area contributed by atoms with Crippen LogP contribution < -0.4 is 10.6 Å². The summed E-state index contributed by atoms with van der Waals surface area (Å²) < 4.78 is 0. The van der Waals surface area contributed by atoms with Crippen molar-refractivity contribution in [3.05, 3.63) is 23.8 Å². The summed E-state index contributed by atoms with van der Waals surface area (Å²) in [5, 5.41) is 8.88. The Bertz CT molecular complexity index is 321. The molecule has 1 aliphatic rings. The minimum atomic E-state index is 0.160. The molecule has 0 aliphatic carbocycles. The van der Waals surface area contributed by atoms with Crippen LogP contribution in [0.15, 0.2) is 18.2 Å². The Kier molecular flexibility index (Phi) is 2.59. The Morgan fingerprint density at radius 3 is 2.71 bits per heavy atom. The lowest BCUT2D eigenvalue weighted by Crippen LogP contribution is -2.37. The standard InChI is InChI=1S/C11H16N2O/c12-11-3-2-10(13-5-1-6-13)8-9(11)4-7-14/h2-3,8,14H,1,4-7,12H2. The monoisotopic (exact) mass is 192 g/mol. The minimum Gasteiger partial charge on any atom is -0.399 e. The molecule has 1 aromatic carbocycles. The molecule has 2 rings (SSSR count). The molecule has 14 heavy (non-hydrogen) atoms. The van der Waals surface area contributed by atoms with E-state index in [2.05, 4.69) is 17.0 Å². The highest BCUT2D eigenvalue weighted by Gasteiger charge is 2.14. The van der Waals surface area contributed by atoms with Crippen LogP contribution >= 0.6 is 0 Å². The molecule has 0 bridgehead atoms. The Morgan fingerprint density at radius 2 is 2.14 bits per heavy atom. The van der Waals surface area contributed by atoms with Crippen molar-refractivity contribution < 1.29 is 5.11 Å². The minimum absolute atomic E-state index is 0.160. The highest BCUT2D eigenvalue weighted by molar-refractivity contribution is 5.59. The van der Waals surface area contributed by atoms with Gasteiger partial charge < -0.3 is 15.7 Å². The zero-order valence-electron chi connectivity index (χ0n) is 8.24. The number of anilines is 2. The largest absolute Gasteiger partial charge is 0.399 e. The van der Waals surface area contributed by atoms with Gasteiger partial charge in [0.15, 0.2) is 0 Å². The fourth-order valence-corrected chi connectivity index (χ4v) is 1.70. The predicted molar refractivity (Wildman–Crippen MR) is 58.5 cm³/mol. The Morgan fingerprint density at radius 1 is 1.36 bits per heavy atom. The van der Waals surface area contributed by atoms with E-state index in [0.29, 0.717) is 6.42 Å². The van der Waals surface area contributed by atoms with E-state index in [1.807, 2.05) is 6.07 Å². The van der Waals surface area contributed by atoms with Gasteiger partial charge in [0.25, 0.3) is 0 Å². The van der Waals surface area contributed by atoms with Gasteiger partial charge in [-0.05, 0) is 36.6 Å². The molecule has 3 N–H and O–H groups in total. The lowest BCUT2D eigenvalue weighted by Gasteiger charge is -2.33. The second kappa shape index (κ2) is 3.88. The average Bonchev–Trinajstić information content (AvgIpc) is 2.08. The number of nitrogens with two attached hydrogens (primary N) is 1. The van der Waals surface area contributed by atoms with Crippen LogP contribution in [0.2, 0.25) is 0 Å². The zero-order valence-corrected chi connectivity index (χ0v) is 8.24. The molecule has 0 saturated carbocycles. The molecule has 0 aromatic heterocycles. The number of nitrogens with zero attached hydrogens (tertiary/aromatic N) is 1. The number of hydrogen-bond donors (Lipinski definition) is 2. The van der Waals surface area contributed by atoms with Gasteiger partial charge in [-0.3, -0.25) is 0 Å². The second-order valence-electron chi connectivity index (χ2n) is 3.70. The fourth-order valence-electron chi connectivity index (χ4n) is 1.70. The highest BCUT2D eigenvalue weighted by Crippen LogP contribution is 2.24. The normalized spacial score (nSPS) is 15.4. The first-order chi connectivity index (χ1) is 6.81. The molecular weight excluding hydrogens is 176 g/mol. The zero-order chi connectivity index (χ0) is 9.97. The van der Waals surface area contributed by atoms with Crippen molar-refractivity contribution in [3.63, 3.8) is 0 Å². The molecule has 1 heterocycles. The summed E-state index contributed by atoms with van der Waals surface area (Å²) in [6, 6.07) is 6.07. The topological polar surface area (TPSA) is 49.5 Å². The lowest BCUT2D eigenvalue weighted by molar-refractivity contribution is 0.300. The van der Waals surface area contributed by atoms with Crippen LogP contribution in [0, 0.1) is 0 Å².